The lowest BCUT2D eigenvalue weighted by Gasteiger charge is -2.15. The molecule has 7 nitrogen and oxygen atoms in total. The highest BCUT2D eigenvalue weighted by Crippen LogP contribution is 2.39. The van der Waals surface area contributed by atoms with Gasteiger partial charge in [0.1, 0.15) is 0 Å². The molecule has 0 fully saturated rings. The SMILES string of the molecule is COc1ccc(C(=O)Nc2cc(C)n(Cc3ccc(Cl)cc3)n2)c(OC)c1OC. The average molecular weight is 416 g/mol. The highest BCUT2D eigenvalue weighted by molar-refractivity contribution is 6.30. The number of nitrogens with one attached hydrogen (secondary N) is 1. The molecule has 8 heteroatoms. The van der Waals surface area contributed by atoms with Crippen LogP contribution in [-0.2, 0) is 6.54 Å². The molecule has 1 aromatic heterocycles. The molecule has 0 aliphatic carbocycles. The summed E-state index contributed by atoms with van der Waals surface area (Å²) < 4.78 is 17.8. The standard InChI is InChI=1S/C21H22ClN3O4/c1-13-11-18(24-25(13)12-14-5-7-15(22)8-6-14)23-21(26)16-9-10-17(27-2)20(29-4)19(16)28-3/h5-11H,12H2,1-4H3,(H,23,24,26). The second-order valence-electron chi connectivity index (χ2n) is 6.29. The van der Waals surface area contributed by atoms with E-state index < -0.39 is 0 Å². The first-order valence-electron chi connectivity index (χ1n) is 8.86. The molecule has 1 N–H and O–H groups in total. The number of aromatic nitrogens is 2. The van der Waals surface area contributed by atoms with Gasteiger partial charge < -0.3 is 19.5 Å². The molecule has 3 aromatic rings. The van der Waals surface area contributed by atoms with E-state index in [0.29, 0.717) is 40.2 Å². The Morgan fingerprint density at radius 2 is 1.72 bits per heavy atom. The largest absolute Gasteiger partial charge is 0.493 e. The average Bonchev–Trinajstić information content (AvgIpc) is 3.06. The summed E-state index contributed by atoms with van der Waals surface area (Å²) in [6.07, 6.45) is 0. The van der Waals surface area contributed by atoms with Gasteiger partial charge in [-0.05, 0) is 36.8 Å². The first-order valence-corrected chi connectivity index (χ1v) is 9.23. The van der Waals surface area contributed by atoms with E-state index in [1.54, 1.807) is 18.2 Å². The van der Waals surface area contributed by atoms with Crippen molar-refractivity contribution < 1.29 is 19.0 Å². The van der Waals surface area contributed by atoms with Gasteiger partial charge >= 0.3 is 0 Å². The van der Waals surface area contributed by atoms with Crippen LogP contribution in [0, 0.1) is 6.92 Å². The Morgan fingerprint density at radius 3 is 2.34 bits per heavy atom. The highest BCUT2D eigenvalue weighted by atomic mass is 35.5. The third-order valence-corrected chi connectivity index (χ3v) is 4.67. The van der Waals surface area contributed by atoms with E-state index in [4.69, 9.17) is 25.8 Å². The molecular weight excluding hydrogens is 394 g/mol. The molecule has 2 aromatic carbocycles. The van der Waals surface area contributed by atoms with Crippen molar-refractivity contribution in [3.63, 3.8) is 0 Å². The minimum absolute atomic E-state index is 0.293. The monoisotopic (exact) mass is 415 g/mol. The van der Waals surface area contributed by atoms with Gasteiger partial charge in [-0.1, -0.05) is 23.7 Å². The van der Waals surface area contributed by atoms with Crippen LogP contribution in [0.1, 0.15) is 21.6 Å². The van der Waals surface area contributed by atoms with Gasteiger partial charge in [-0.15, -0.1) is 0 Å². The zero-order valence-corrected chi connectivity index (χ0v) is 17.4. The number of halogens is 1. The van der Waals surface area contributed by atoms with Crippen LogP contribution in [0.2, 0.25) is 5.02 Å². The van der Waals surface area contributed by atoms with Crippen LogP contribution in [0.25, 0.3) is 0 Å². The maximum atomic E-state index is 12.8. The smallest absolute Gasteiger partial charge is 0.260 e. The Kier molecular flexibility index (Phi) is 6.29. The molecule has 0 bridgehead atoms. The van der Waals surface area contributed by atoms with Crippen LogP contribution in [0.4, 0.5) is 5.82 Å². The molecule has 0 saturated carbocycles. The summed E-state index contributed by atoms with van der Waals surface area (Å²) >= 11 is 5.93. The number of nitrogens with zero attached hydrogens (tertiary/aromatic N) is 2. The number of amides is 1. The summed E-state index contributed by atoms with van der Waals surface area (Å²) in [5, 5.41) is 7.97. The summed E-state index contributed by atoms with van der Waals surface area (Å²) in [7, 11) is 4.48. The van der Waals surface area contributed by atoms with E-state index in [0.717, 1.165) is 11.3 Å². The fourth-order valence-corrected chi connectivity index (χ4v) is 3.08. The van der Waals surface area contributed by atoms with Crippen LogP contribution in [0.5, 0.6) is 17.2 Å². The predicted octanol–water partition coefficient (Wildman–Crippen LogP) is 4.17. The van der Waals surface area contributed by atoms with Crippen molar-refractivity contribution >= 4 is 23.3 Å². The van der Waals surface area contributed by atoms with Crippen molar-refractivity contribution in [2.45, 2.75) is 13.5 Å². The summed E-state index contributed by atoms with van der Waals surface area (Å²) in [5.41, 5.74) is 2.28. The third-order valence-electron chi connectivity index (χ3n) is 4.42. The lowest BCUT2D eigenvalue weighted by Crippen LogP contribution is -2.14. The summed E-state index contributed by atoms with van der Waals surface area (Å²) in [5.74, 6) is 1.20. The maximum absolute atomic E-state index is 12.8. The molecule has 0 saturated heterocycles. The van der Waals surface area contributed by atoms with Crippen LogP contribution < -0.4 is 19.5 Å². The number of anilines is 1. The van der Waals surface area contributed by atoms with Gasteiger partial charge in [-0.3, -0.25) is 9.48 Å². The molecule has 0 atom stereocenters. The van der Waals surface area contributed by atoms with Crippen LogP contribution in [-0.4, -0.2) is 37.0 Å². The zero-order chi connectivity index (χ0) is 21.0. The first-order chi connectivity index (χ1) is 14.0. The Morgan fingerprint density at radius 1 is 1.03 bits per heavy atom. The van der Waals surface area contributed by atoms with E-state index >= 15 is 0 Å². The molecule has 1 amide bonds. The zero-order valence-electron chi connectivity index (χ0n) is 16.7. The number of ether oxygens (including phenoxy) is 3. The Hall–Kier alpha value is -3.19. The van der Waals surface area contributed by atoms with Crippen LogP contribution in [0.15, 0.2) is 42.5 Å². The van der Waals surface area contributed by atoms with Gasteiger partial charge in [-0.25, -0.2) is 0 Å². The molecule has 29 heavy (non-hydrogen) atoms. The Balaban J connectivity index is 1.82. The first kappa shape index (κ1) is 20.5. The van der Waals surface area contributed by atoms with Crippen LogP contribution in [0.3, 0.4) is 0 Å². The quantitative estimate of drug-likeness (QED) is 0.626. The minimum Gasteiger partial charge on any atom is -0.493 e. The lowest BCUT2D eigenvalue weighted by atomic mass is 10.1. The molecule has 0 spiro atoms. The van der Waals surface area contributed by atoms with Gasteiger partial charge in [0.25, 0.3) is 5.91 Å². The fourth-order valence-electron chi connectivity index (χ4n) is 2.96. The van der Waals surface area contributed by atoms with Crippen LogP contribution >= 0.6 is 11.6 Å². The molecular formula is C21H22ClN3O4. The van der Waals surface area contributed by atoms with E-state index in [1.807, 2.05) is 35.9 Å². The molecule has 0 radical (unpaired) electrons. The Labute approximate surface area is 174 Å². The number of hydrogen-bond donors (Lipinski definition) is 1. The lowest BCUT2D eigenvalue weighted by molar-refractivity contribution is 0.102. The fraction of sp³-hybridized carbons (Fsp3) is 0.238. The Bertz CT molecular complexity index is 1020. The number of methoxy groups -OCH3 is 3. The summed E-state index contributed by atoms with van der Waals surface area (Å²) in [4.78, 5) is 12.8. The van der Waals surface area contributed by atoms with Crippen molar-refractivity contribution in [3.8, 4) is 17.2 Å². The molecule has 152 valence electrons. The van der Waals surface area contributed by atoms with E-state index in [2.05, 4.69) is 10.4 Å². The van der Waals surface area contributed by atoms with Crippen molar-refractivity contribution in [2.24, 2.45) is 0 Å². The summed E-state index contributed by atoms with van der Waals surface area (Å²) in [6, 6.07) is 12.6. The summed E-state index contributed by atoms with van der Waals surface area (Å²) in [6.45, 7) is 2.49. The molecule has 1 heterocycles. The highest BCUT2D eigenvalue weighted by Gasteiger charge is 2.21. The number of benzene rings is 2. The van der Waals surface area contributed by atoms with Crippen molar-refractivity contribution in [3.05, 3.63) is 64.3 Å². The van der Waals surface area contributed by atoms with Gasteiger partial charge in [0, 0.05) is 16.8 Å². The maximum Gasteiger partial charge on any atom is 0.260 e. The molecule has 0 aliphatic heterocycles. The number of aryl methyl sites for hydroxylation is 1. The number of rotatable bonds is 7. The van der Waals surface area contributed by atoms with Gasteiger partial charge in [-0.2, -0.15) is 5.10 Å². The molecule has 3 rings (SSSR count). The topological polar surface area (TPSA) is 74.6 Å². The molecule has 0 unspecified atom stereocenters. The number of hydrogen-bond acceptors (Lipinski definition) is 5. The normalized spacial score (nSPS) is 10.5. The molecule has 0 aliphatic rings. The number of carbonyl (C=O) groups is 1. The van der Waals surface area contributed by atoms with Gasteiger partial charge in [0.2, 0.25) is 5.75 Å². The van der Waals surface area contributed by atoms with E-state index in [-0.39, 0.29) is 5.91 Å². The van der Waals surface area contributed by atoms with E-state index in [9.17, 15) is 4.79 Å². The van der Waals surface area contributed by atoms with Crippen molar-refractivity contribution in [2.75, 3.05) is 26.6 Å². The minimum atomic E-state index is -0.362. The number of carbonyl (C=O) groups excluding carboxylic acids is 1. The van der Waals surface area contributed by atoms with Crippen molar-refractivity contribution in [1.82, 2.24) is 9.78 Å². The van der Waals surface area contributed by atoms with Gasteiger partial charge in [0.15, 0.2) is 17.3 Å². The predicted molar refractivity (Wildman–Crippen MR) is 112 cm³/mol. The van der Waals surface area contributed by atoms with Crippen molar-refractivity contribution in [1.29, 1.82) is 0 Å². The van der Waals surface area contributed by atoms with Gasteiger partial charge in [0.05, 0.1) is 33.4 Å². The van der Waals surface area contributed by atoms with E-state index in [1.165, 1.54) is 21.3 Å². The third kappa shape index (κ3) is 4.46. The second-order valence-corrected chi connectivity index (χ2v) is 6.73. The second kappa shape index (κ2) is 8.87.